The molecule has 1 aliphatic heterocycles. The molecule has 1 fully saturated rings. The molecule has 6 nitrogen and oxygen atoms in total. The molecule has 3 unspecified atom stereocenters. The predicted molar refractivity (Wildman–Crippen MR) is 75.5 cm³/mol. The third kappa shape index (κ3) is 3.30. The van der Waals surface area contributed by atoms with Crippen LogP contribution in [0.3, 0.4) is 0 Å². The summed E-state index contributed by atoms with van der Waals surface area (Å²) in [6.07, 6.45) is 4.91. The molecule has 0 radical (unpaired) electrons. The monoisotopic (exact) mass is 281 g/mol. The first kappa shape index (κ1) is 14.8. The fraction of sp³-hybridized carbons (Fsp3) is 0.714. The Balaban J connectivity index is 1.84. The molecular formula is C14H23N3O3. The van der Waals surface area contributed by atoms with Crippen molar-refractivity contribution in [1.29, 1.82) is 0 Å². The number of urea groups is 1. The number of likely N-dealkylation sites (N-methyl/N-ethyl adjacent to an activating group) is 1. The molecule has 2 N–H and O–H groups in total. The van der Waals surface area contributed by atoms with Crippen LogP contribution in [-0.4, -0.2) is 65.7 Å². The van der Waals surface area contributed by atoms with Crippen LogP contribution in [0.2, 0.25) is 0 Å². The smallest absolute Gasteiger partial charge is 0.317 e. The number of hydrogen-bond acceptors (Lipinski definition) is 3. The van der Waals surface area contributed by atoms with E-state index in [-0.39, 0.29) is 12.1 Å². The molecule has 1 saturated heterocycles. The standard InChI is InChI=1S/C14H23N3O3/c1-3-12-9-17(7-6-16(12)2)14(20)15-11-5-4-10(8-11)13(18)19/h4-5,10-12H,3,6-9H2,1-2H3,(H,15,20)(H,18,19). The molecule has 3 atom stereocenters. The van der Waals surface area contributed by atoms with Gasteiger partial charge < -0.3 is 15.3 Å². The highest BCUT2D eigenvalue weighted by Crippen LogP contribution is 2.18. The second kappa shape index (κ2) is 6.26. The van der Waals surface area contributed by atoms with E-state index in [2.05, 4.69) is 24.2 Å². The maximum absolute atomic E-state index is 12.2. The van der Waals surface area contributed by atoms with Crippen LogP contribution in [0.5, 0.6) is 0 Å². The zero-order valence-electron chi connectivity index (χ0n) is 12.1. The predicted octanol–water partition coefficient (Wildman–Crippen LogP) is 0.751. The minimum atomic E-state index is -0.830. The lowest BCUT2D eigenvalue weighted by atomic mass is 10.1. The Morgan fingerprint density at radius 3 is 2.70 bits per heavy atom. The van der Waals surface area contributed by atoms with Gasteiger partial charge in [0.2, 0.25) is 0 Å². The minimum Gasteiger partial charge on any atom is -0.481 e. The summed E-state index contributed by atoms with van der Waals surface area (Å²) in [6.45, 7) is 4.46. The van der Waals surface area contributed by atoms with Crippen molar-refractivity contribution in [3.05, 3.63) is 12.2 Å². The van der Waals surface area contributed by atoms with Gasteiger partial charge in [0.15, 0.2) is 0 Å². The lowest BCUT2D eigenvalue weighted by Gasteiger charge is -2.39. The largest absolute Gasteiger partial charge is 0.481 e. The van der Waals surface area contributed by atoms with Crippen molar-refractivity contribution in [3.8, 4) is 0 Å². The SMILES string of the molecule is CCC1CN(C(=O)NC2C=CC(C(=O)O)C2)CCN1C. The number of carboxylic acid groups (broad SMARTS) is 1. The van der Waals surface area contributed by atoms with Crippen molar-refractivity contribution in [2.75, 3.05) is 26.7 Å². The lowest BCUT2D eigenvalue weighted by molar-refractivity contribution is -0.140. The summed E-state index contributed by atoms with van der Waals surface area (Å²) in [5.74, 6) is -1.31. The van der Waals surface area contributed by atoms with Crippen molar-refractivity contribution in [2.24, 2.45) is 5.92 Å². The van der Waals surface area contributed by atoms with E-state index in [0.717, 1.165) is 26.1 Å². The normalized spacial score (nSPS) is 30.5. The highest BCUT2D eigenvalue weighted by Gasteiger charge is 2.29. The molecule has 2 amide bonds. The average Bonchev–Trinajstić information content (AvgIpc) is 2.88. The topological polar surface area (TPSA) is 72.9 Å². The van der Waals surface area contributed by atoms with Gasteiger partial charge in [0.25, 0.3) is 0 Å². The molecule has 1 heterocycles. The second-order valence-electron chi connectivity index (χ2n) is 5.61. The van der Waals surface area contributed by atoms with Gasteiger partial charge in [-0.05, 0) is 19.9 Å². The Labute approximate surface area is 119 Å². The highest BCUT2D eigenvalue weighted by atomic mass is 16.4. The summed E-state index contributed by atoms with van der Waals surface area (Å²) >= 11 is 0. The van der Waals surface area contributed by atoms with Gasteiger partial charge >= 0.3 is 12.0 Å². The number of carbonyl (C=O) groups is 2. The number of piperazine rings is 1. The molecule has 20 heavy (non-hydrogen) atoms. The molecule has 112 valence electrons. The van der Waals surface area contributed by atoms with Gasteiger partial charge in [-0.15, -0.1) is 0 Å². The van der Waals surface area contributed by atoms with E-state index in [4.69, 9.17) is 5.11 Å². The number of hydrogen-bond donors (Lipinski definition) is 2. The van der Waals surface area contributed by atoms with Crippen LogP contribution in [0.15, 0.2) is 12.2 Å². The maximum Gasteiger partial charge on any atom is 0.317 e. The lowest BCUT2D eigenvalue weighted by Crippen LogP contribution is -2.56. The van der Waals surface area contributed by atoms with Gasteiger partial charge in [0.05, 0.1) is 12.0 Å². The number of nitrogens with one attached hydrogen (secondary N) is 1. The Morgan fingerprint density at radius 2 is 2.10 bits per heavy atom. The second-order valence-corrected chi connectivity index (χ2v) is 5.61. The summed E-state index contributed by atoms with van der Waals surface area (Å²) in [7, 11) is 2.08. The molecule has 0 aromatic rings. The van der Waals surface area contributed by atoms with Crippen molar-refractivity contribution < 1.29 is 14.7 Å². The van der Waals surface area contributed by atoms with E-state index < -0.39 is 11.9 Å². The molecule has 0 aromatic heterocycles. The van der Waals surface area contributed by atoms with Crippen molar-refractivity contribution >= 4 is 12.0 Å². The third-order valence-corrected chi connectivity index (χ3v) is 4.25. The zero-order valence-corrected chi connectivity index (χ0v) is 12.1. The van der Waals surface area contributed by atoms with Crippen LogP contribution in [0.4, 0.5) is 4.79 Å². The first-order chi connectivity index (χ1) is 9.51. The maximum atomic E-state index is 12.2. The van der Waals surface area contributed by atoms with Crippen LogP contribution in [0.25, 0.3) is 0 Å². The van der Waals surface area contributed by atoms with E-state index in [1.54, 1.807) is 12.2 Å². The number of rotatable bonds is 3. The number of aliphatic carboxylic acids is 1. The summed E-state index contributed by atoms with van der Waals surface area (Å²) < 4.78 is 0. The minimum absolute atomic E-state index is 0.0859. The zero-order chi connectivity index (χ0) is 14.7. The number of carbonyl (C=O) groups excluding carboxylic acids is 1. The fourth-order valence-electron chi connectivity index (χ4n) is 2.81. The van der Waals surface area contributed by atoms with Crippen LogP contribution in [0.1, 0.15) is 19.8 Å². The van der Waals surface area contributed by atoms with Crippen LogP contribution >= 0.6 is 0 Å². The summed E-state index contributed by atoms with van der Waals surface area (Å²) in [4.78, 5) is 27.2. The van der Waals surface area contributed by atoms with Gasteiger partial charge in [-0.3, -0.25) is 9.69 Å². The fourth-order valence-corrected chi connectivity index (χ4v) is 2.81. The Bertz CT molecular complexity index is 410. The highest BCUT2D eigenvalue weighted by molar-refractivity contribution is 5.76. The summed E-state index contributed by atoms with van der Waals surface area (Å²) in [6, 6.07) is 0.154. The van der Waals surface area contributed by atoms with Crippen molar-refractivity contribution in [2.45, 2.75) is 31.8 Å². The van der Waals surface area contributed by atoms with E-state index in [1.165, 1.54) is 0 Å². The average molecular weight is 281 g/mol. The molecule has 2 aliphatic rings. The molecule has 1 aliphatic carbocycles. The molecular weight excluding hydrogens is 258 g/mol. The van der Waals surface area contributed by atoms with E-state index >= 15 is 0 Å². The van der Waals surface area contributed by atoms with E-state index in [1.807, 2.05) is 4.90 Å². The van der Waals surface area contributed by atoms with Gasteiger partial charge in [-0.25, -0.2) is 4.79 Å². The Morgan fingerprint density at radius 1 is 1.35 bits per heavy atom. The number of carboxylic acids is 1. The van der Waals surface area contributed by atoms with E-state index in [9.17, 15) is 9.59 Å². The van der Waals surface area contributed by atoms with Gasteiger partial charge in [0, 0.05) is 25.7 Å². The molecule has 6 heteroatoms. The first-order valence-electron chi connectivity index (χ1n) is 7.18. The van der Waals surface area contributed by atoms with Crippen molar-refractivity contribution in [3.63, 3.8) is 0 Å². The van der Waals surface area contributed by atoms with Crippen molar-refractivity contribution in [1.82, 2.24) is 15.1 Å². The molecule has 2 rings (SSSR count). The summed E-state index contributed by atoms with van der Waals surface area (Å²) in [5.41, 5.74) is 0. The van der Waals surface area contributed by atoms with Crippen LogP contribution in [0, 0.1) is 5.92 Å². The Hall–Kier alpha value is -1.56. The van der Waals surface area contributed by atoms with Gasteiger partial charge in [0.1, 0.15) is 0 Å². The quantitative estimate of drug-likeness (QED) is 0.749. The number of nitrogens with zero attached hydrogens (tertiary/aromatic N) is 2. The first-order valence-corrected chi connectivity index (χ1v) is 7.18. The summed E-state index contributed by atoms with van der Waals surface area (Å²) in [5, 5.41) is 11.8. The van der Waals surface area contributed by atoms with Crippen LogP contribution < -0.4 is 5.32 Å². The van der Waals surface area contributed by atoms with E-state index in [0.29, 0.717) is 12.5 Å². The number of amides is 2. The molecule has 0 saturated carbocycles. The Kier molecular flexibility index (Phi) is 4.65. The van der Waals surface area contributed by atoms with Gasteiger partial charge in [-0.2, -0.15) is 0 Å². The van der Waals surface area contributed by atoms with Crippen LogP contribution in [-0.2, 0) is 4.79 Å². The van der Waals surface area contributed by atoms with Gasteiger partial charge in [-0.1, -0.05) is 19.1 Å². The molecule has 0 bridgehead atoms. The third-order valence-electron chi connectivity index (χ3n) is 4.25. The molecule has 0 spiro atoms. The molecule has 0 aromatic carbocycles.